The number of phenols is 1. The van der Waals surface area contributed by atoms with Crippen LogP contribution >= 0.6 is 0 Å². The number of carbonyl (C=O) groups is 2. The Morgan fingerprint density at radius 2 is 2.18 bits per heavy atom. The number of primary amides is 1. The summed E-state index contributed by atoms with van der Waals surface area (Å²) in [6.45, 7) is -0.0805. The van der Waals surface area contributed by atoms with Gasteiger partial charge in [-0.2, -0.15) is 0 Å². The van der Waals surface area contributed by atoms with E-state index in [4.69, 9.17) is 10.8 Å². The Morgan fingerprint density at radius 1 is 1.47 bits per heavy atom. The molecule has 4 N–H and O–H groups in total. The van der Waals surface area contributed by atoms with Crippen molar-refractivity contribution in [1.29, 1.82) is 0 Å². The molecule has 0 fully saturated rings. The van der Waals surface area contributed by atoms with Gasteiger partial charge >= 0.3 is 6.09 Å². The highest BCUT2D eigenvalue weighted by Crippen LogP contribution is 2.14. The number of benzene rings is 1. The number of nitrogens with two attached hydrogens (primary N) is 1. The lowest BCUT2D eigenvalue weighted by Crippen LogP contribution is -2.29. The molecule has 1 aromatic rings. The van der Waals surface area contributed by atoms with Crippen LogP contribution in [0.1, 0.15) is 10.4 Å². The molecule has 17 heavy (non-hydrogen) atoms. The van der Waals surface area contributed by atoms with Crippen molar-refractivity contribution in [3.8, 4) is 5.75 Å². The molecule has 0 aliphatic rings. The molecule has 0 aliphatic heterocycles. The molecule has 0 saturated heterocycles. The van der Waals surface area contributed by atoms with Crippen LogP contribution in [0.2, 0.25) is 0 Å². The van der Waals surface area contributed by atoms with Crippen molar-refractivity contribution in [2.45, 2.75) is 0 Å². The van der Waals surface area contributed by atoms with Gasteiger partial charge in [0.05, 0.1) is 12.1 Å². The van der Waals surface area contributed by atoms with Gasteiger partial charge in [0, 0.05) is 6.07 Å². The third-order valence-corrected chi connectivity index (χ3v) is 1.83. The summed E-state index contributed by atoms with van der Waals surface area (Å²) in [6, 6.07) is 3.17. The average molecular weight is 242 g/mol. The zero-order valence-corrected chi connectivity index (χ0v) is 8.77. The van der Waals surface area contributed by atoms with Gasteiger partial charge < -0.3 is 20.9 Å². The van der Waals surface area contributed by atoms with E-state index in [-0.39, 0.29) is 24.5 Å². The Bertz CT molecular complexity index is 436. The summed E-state index contributed by atoms with van der Waals surface area (Å²) in [5, 5.41) is 11.3. The minimum Gasteiger partial charge on any atom is -0.508 e. The van der Waals surface area contributed by atoms with Crippen LogP contribution in [0.25, 0.3) is 0 Å². The molecule has 92 valence electrons. The predicted octanol–water partition coefficient (Wildman–Crippen LogP) is 0.356. The number of halogens is 1. The molecule has 0 radical (unpaired) electrons. The first kappa shape index (κ1) is 12.8. The first-order chi connectivity index (χ1) is 8.00. The van der Waals surface area contributed by atoms with E-state index in [1.165, 1.54) is 6.07 Å². The number of phenolic OH excluding ortho intramolecular Hbond substituents is 1. The predicted molar refractivity (Wildman–Crippen MR) is 55.9 cm³/mol. The van der Waals surface area contributed by atoms with Crippen molar-refractivity contribution >= 4 is 12.0 Å². The van der Waals surface area contributed by atoms with E-state index in [1.54, 1.807) is 0 Å². The van der Waals surface area contributed by atoms with Gasteiger partial charge in [-0.05, 0) is 12.1 Å². The Labute approximate surface area is 96.2 Å². The van der Waals surface area contributed by atoms with Crippen molar-refractivity contribution in [3.63, 3.8) is 0 Å². The first-order valence-corrected chi connectivity index (χ1v) is 4.69. The van der Waals surface area contributed by atoms with E-state index in [9.17, 15) is 14.0 Å². The van der Waals surface area contributed by atoms with Crippen molar-refractivity contribution in [3.05, 3.63) is 29.6 Å². The van der Waals surface area contributed by atoms with Gasteiger partial charge in [-0.25, -0.2) is 9.18 Å². The molecule has 0 bridgehead atoms. The van der Waals surface area contributed by atoms with Gasteiger partial charge in [-0.15, -0.1) is 0 Å². The molecule has 6 nitrogen and oxygen atoms in total. The Balaban J connectivity index is 2.50. The molecule has 2 amide bonds. The number of amides is 2. The Hall–Kier alpha value is -2.31. The number of nitrogens with one attached hydrogen (secondary N) is 1. The molecule has 0 atom stereocenters. The van der Waals surface area contributed by atoms with Gasteiger partial charge in [0.25, 0.3) is 5.91 Å². The van der Waals surface area contributed by atoms with E-state index in [0.29, 0.717) is 0 Å². The van der Waals surface area contributed by atoms with Crippen LogP contribution in [0, 0.1) is 5.82 Å². The van der Waals surface area contributed by atoms with Gasteiger partial charge in [0.2, 0.25) is 0 Å². The summed E-state index contributed by atoms with van der Waals surface area (Å²) in [7, 11) is 0. The molecular formula is C10H11FN2O4. The smallest absolute Gasteiger partial charge is 0.404 e. The molecule has 0 unspecified atom stereocenters. The van der Waals surface area contributed by atoms with E-state index in [1.807, 2.05) is 0 Å². The molecule has 0 heterocycles. The topological polar surface area (TPSA) is 102 Å². The molecule has 0 aliphatic carbocycles. The number of hydrogen-bond donors (Lipinski definition) is 3. The minimum atomic E-state index is -0.949. The van der Waals surface area contributed by atoms with Crippen LogP contribution in [0.5, 0.6) is 5.75 Å². The summed E-state index contributed by atoms with van der Waals surface area (Å²) in [6.07, 6.45) is -0.949. The van der Waals surface area contributed by atoms with Crippen LogP contribution < -0.4 is 11.1 Å². The fraction of sp³-hybridized carbons (Fsp3) is 0.200. The average Bonchev–Trinajstić information content (AvgIpc) is 2.23. The normalized spacial score (nSPS) is 9.71. The number of rotatable bonds is 4. The van der Waals surface area contributed by atoms with Crippen molar-refractivity contribution < 1.29 is 23.8 Å². The number of carbonyl (C=O) groups excluding carboxylic acids is 2. The van der Waals surface area contributed by atoms with Crippen LogP contribution in [0.3, 0.4) is 0 Å². The SMILES string of the molecule is NC(=O)OCCNC(=O)c1ccc(O)cc1F. The molecular weight excluding hydrogens is 231 g/mol. The lowest BCUT2D eigenvalue weighted by atomic mass is 10.2. The van der Waals surface area contributed by atoms with Gasteiger partial charge in [-0.3, -0.25) is 4.79 Å². The summed E-state index contributed by atoms with van der Waals surface area (Å²) in [5.74, 6) is -1.77. The highest BCUT2D eigenvalue weighted by Gasteiger charge is 2.11. The van der Waals surface area contributed by atoms with Gasteiger partial charge in [0.1, 0.15) is 18.2 Å². The summed E-state index contributed by atoms with van der Waals surface area (Å²) in [4.78, 5) is 21.6. The van der Waals surface area contributed by atoms with Gasteiger partial charge in [0.15, 0.2) is 0 Å². The van der Waals surface area contributed by atoms with E-state index in [0.717, 1.165) is 12.1 Å². The maximum Gasteiger partial charge on any atom is 0.404 e. The maximum absolute atomic E-state index is 13.2. The molecule has 0 spiro atoms. The highest BCUT2D eigenvalue weighted by atomic mass is 19.1. The highest BCUT2D eigenvalue weighted by molar-refractivity contribution is 5.94. The third-order valence-electron chi connectivity index (χ3n) is 1.83. The van der Waals surface area contributed by atoms with E-state index < -0.39 is 17.8 Å². The Morgan fingerprint density at radius 3 is 2.76 bits per heavy atom. The van der Waals surface area contributed by atoms with Crippen molar-refractivity contribution in [2.24, 2.45) is 5.73 Å². The zero-order chi connectivity index (χ0) is 12.8. The molecule has 7 heteroatoms. The quantitative estimate of drug-likeness (QED) is 0.663. The van der Waals surface area contributed by atoms with Crippen LogP contribution in [0.4, 0.5) is 9.18 Å². The van der Waals surface area contributed by atoms with Crippen molar-refractivity contribution in [1.82, 2.24) is 5.32 Å². The zero-order valence-electron chi connectivity index (χ0n) is 8.77. The van der Waals surface area contributed by atoms with Crippen LogP contribution in [0.15, 0.2) is 18.2 Å². The minimum absolute atomic E-state index is 0.0160. The number of ether oxygens (including phenoxy) is 1. The fourth-order valence-electron chi connectivity index (χ4n) is 1.10. The maximum atomic E-state index is 13.2. The molecule has 1 aromatic carbocycles. The van der Waals surface area contributed by atoms with Gasteiger partial charge in [-0.1, -0.05) is 0 Å². The van der Waals surface area contributed by atoms with E-state index >= 15 is 0 Å². The first-order valence-electron chi connectivity index (χ1n) is 4.69. The fourth-order valence-corrected chi connectivity index (χ4v) is 1.10. The van der Waals surface area contributed by atoms with Crippen LogP contribution in [-0.4, -0.2) is 30.3 Å². The largest absolute Gasteiger partial charge is 0.508 e. The van der Waals surface area contributed by atoms with Crippen LogP contribution in [-0.2, 0) is 4.74 Å². The summed E-state index contributed by atoms with van der Waals surface area (Å²) < 4.78 is 17.6. The summed E-state index contributed by atoms with van der Waals surface area (Å²) in [5.41, 5.74) is 4.49. The second-order valence-corrected chi connectivity index (χ2v) is 3.09. The number of hydrogen-bond acceptors (Lipinski definition) is 4. The third kappa shape index (κ3) is 3.98. The Kier molecular flexibility index (Phi) is 4.27. The molecule has 0 saturated carbocycles. The van der Waals surface area contributed by atoms with E-state index in [2.05, 4.69) is 10.1 Å². The molecule has 1 rings (SSSR count). The summed E-state index contributed by atoms with van der Waals surface area (Å²) >= 11 is 0. The lowest BCUT2D eigenvalue weighted by molar-refractivity contribution is 0.0933. The monoisotopic (exact) mass is 242 g/mol. The number of aromatic hydroxyl groups is 1. The van der Waals surface area contributed by atoms with Crippen molar-refractivity contribution in [2.75, 3.05) is 13.2 Å². The second-order valence-electron chi connectivity index (χ2n) is 3.09. The second kappa shape index (κ2) is 5.69. The molecule has 0 aromatic heterocycles. The standard InChI is InChI=1S/C10H11FN2O4/c11-8-5-6(14)1-2-7(8)9(15)13-3-4-17-10(12)16/h1-2,5,14H,3-4H2,(H2,12,16)(H,13,15). The lowest BCUT2D eigenvalue weighted by Gasteiger charge is -2.06.